The molecular weight excluding hydrogens is 237 g/mol. The van der Waals surface area contributed by atoms with Crippen LogP contribution in [0.2, 0.25) is 0 Å². The van der Waals surface area contributed by atoms with E-state index in [2.05, 4.69) is 9.91 Å². The maximum absolute atomic E-state index is 12.0. The summed E-state index contributed by atoms with van der Waals surface area (Å²) in [6, 6.07) is 5.62. The predicted molar refractivity (Wildman–Crippen MR) is 52.2 cm³/mol. The average molecular weight is 244 g/mol. The van der Waals surface area contributed by atoms with E-state index in [4.69, 9.17) is 5.26 Å². The quantitative estimate of drug-likeness (QED) is 0.765. The molecule has 0 saturated carbocycles. The molecule has 0 aliphatic rings. The first-order chi connectivity index (χ1) is 7.96. The molecule has 0 fully saturated rings. The first kappa shape index (κ1) is 13.0. The van der Waals surface area contributed by atoms with Crippen LogP contribution in [-0.2, 0) is 6.54 Å². The van der Waals surface area contributed by atoms with Crippen molar-refractivity contribution in [2.75, 3.05) is 6.61 Å². The lowest BCUT2D eigenvalue weighted by Gasteiger charge is -2.11. The highest BCUT2D eigenvalue weighted by atomic mass is 19.4. The number of hydrogen-bond donors (Lipinski definition) is 0. The molecule has 0 N–H and O–H groups in total. The SMILES string of the molecule is N#Cc1ccc(CN=O)c(OCC(F)(F)F)c1. The Morgan fingerprint density at radius 2 is 2.12 bits per heavy atom. The lowest BCUT2D eigenvalue weighted by Crippen LogP contribution is -2.19. The smallest absolute Gasteiger partial charge is 0.422 e. The van der Waals surface area contributed by atoms with E-state index in [1.54, 1.807) is 6.07 Å². The van der Waals surface area contributed by atoms with Gasteiger partial charge in [-0.1, -0.05) is 11.2 Å². The van der Waals surface area contributed by atoms with E-state index < -0.39 is 12.8 Å². The summed E-state index contributed by atoms with van der Waals surface area (Å²) in [4.78, 5) is 10.1. The van der Waals surface area contributed by atoms with Gasteiger partial charge >= 0.3 is 6.18 Å². The molecule has 1 rings (SSSR count). The van der Waals surface area contributed by atoms with Gasteiger partial charge in [-0.05, 0) is 12.1 Å². The van der Waals surface area contributed by atoms with Gasteiger partial charge in [-0.2, -0.15) is 23.3 Å². The highest BCUT2D eigenvalue weighted by molar-refractivity contribution is 5.42. The molecule has 1 aromatic carbocycles. The fraction of sp³-hybridized carbons (Fsp3) is 0.300. The Hall–Kier alpha value is -2.10. The van der Waals surface area contributed by atoms with Gasteiger partial charge in [-0.25, -0.2) is 0 Å². The van der Waals surface area contributed by atoms with E-state index >= 15 is 0 Å². The highest BCUT2D eigenvalue weighted by Crippen LogP contribution is 2.24. The van der Waals surface area contributed by atoms with Gasteiger partial charge in [0.05, 0.1) is 11.6 Å². The Morgan fingerprint density at radius 3 is 2.65 bits per heavy atom. The van der Waals surface area contributed by atoms with Crippen LogP contribution in [0, 0.1) is 16.2 Å². The van der Waals surface area contributed by atoms with Gasteiger partial charge in [0.15, 0.2) is 6.61 Å². The summed E-state index contributed by atoms with van der Waals surface area (Å²) < 4.78 is 40.4. The number of benzene rings is 1. The van der Waals surface area contributed by atoms with Crippen molar-refractivity contribution in [3.8, 4) is 11.8 Å². The normalized spacial score (nSPS) is 10.7. The van der Waals surface area contributed by atoms with Crippen molar-refractivity contribution < 1.29 is 17.9 Å². The molecule has 0 unspecified atom stereocenters. The minimum atomic E-state index is -4.48. The van der Waals surface area contributed by atoms with Crippen LogP contribution in [0.1, 0.15) is 11.1 Å². The number of hydrogen-bond acceptors (Lipinski definition) is 4. The second-order valence-electron chi connectivity index (χ2n) is 3.13. The number of nitriles is 1. The molecular formula is C10H7F3N2O2. The van der Waals surface area contributed by atoms with Crippen LogP contribution in [0.5, 0.6) is 5.75 Å². The maximum Gasteiger partial charge on any atom is 0.422 e. The van der Waals surface area contributed by atoms with Gasteiger partial charge in [0.25, 0.3) is 0 Å². The molecule has 0 aliphatic heterocycles. The zero-order chi connectivity index (χ0) is 12.9. The molecule has 0 heterocycles. The Kier molecular flexibility index (Phi) is 4.04. The molecule has 0 atom stereocenters. The first-order valence-electron chi connectivity index (χ1n) is 4.48. The van der Waals surface area contributed by atoms with Crippen molar-refractivity contribution >= 4 is 0 Å². The summed E-state index contributed by atoms with van der Waals surface area (Å²) in [6.45, 7) is -1.79. The summed E-state index contributed by atoms with van der Waals surface area (Å²) in [5, 5.41) is 11.2. The van der Waals surface area contributed by atoms with E-state index in [0.29, 0.717) is 0 Å². The van der Waals surface area contributed by atoms with Crippen LogP contribution >= 0.6 is 0 Å². The van der Waals surface area contributed by atoms with E-state index in [1.165, 1.54) is 12.1 Å². The molecule has 0 amide bonds. The second kappa shape index (κ2) is 5.30. The lowest BCUT2D eigenvalue weighted by atomic mass is 10.1. The Balaban J connectivity index is 2.93. The van der Waals surface area contributed by atoms with Crippen LogP contribution in [-0.4, -0.2) is 12.8 Å². The summed E-state index contributed by atoms with van der Waals surface area (Å²) in [7, 11) is 0. The van der Waals surface area contributed by atoms with Gasteiger partial charge < -0.3 is 4.74 Å². The monoisotopic (exact) mass is 244 g/mol. The number of ether oxygens (including phenoxy) is 1. The topological polar surface area (TPSA) is 62.5 Å². The number of nitrogens with zero attached hydrogens (tertiary/aromatic N) is 2. The molecule has 0 spiro atoms. The fourth-order valence-electron chi connectivity index (χ4n) is 1.12. The lowest BCUT2D eigenvalue weighted by molar-refractivity contribution is -0.153. The van der Waals surface area contributed by atoms with Gasteiger partial charge in [-0.3, -0.25) is 0 Å². The summed E-state index contributed by atoms with van der Waals surface area (Å²) in [5.74, 6) is -0.152. The van der Waals surface area contributed by atoms with E-state index in [0.717, 1.165) is 6.07 Å². The van der Waals surface area contributed by atoms with Gasteiger partial charge in [0, 0.05) is 5.56 Å². The second-order valence-corrected chi connectivity index (χ2v) is 3.13. The number of rotatable bonds is 4. The Labute approximate surface area is 94.6 Å². The third kappa shape index (κ3) is 4.10. The van der Waals surface area contributed by atoms with Gasteiger partial charge in [0.1, 0.15) is 12.3 Å². The number of nitroso groups, excluding NO2 is 1. The molecule has 90 valence electrons. The number of halogens is 3. The largest absolute Gasteiger partial charge is 0.484 e. The van der Waals surface area contributed by atoms with E-state index in [9.17, 15) is 18.1 Å². The zero-order valence-electron chi connectivity index (χ0n) is 8.49. The predicted octanol–water partition coefficient (Wildman–Crippen LogP) is 2.77. The zero-order valence-corrected chi connectivity index (χ0v) is 8.49. The van der Waals surface area contributed by atoms with Crippen molar-refractivity contribution in [1.82, 2.24) is 0 Å². The van der Waals surface area contributed by atoms with Crippen LogP contribution in [0.4, 0.5) is 13.2 Å². The molecule has 7 heteroatoms. The molecule has 1 aromatic rings. The summed E-state index contributed by atoms with van der Waals surface area (Å²) >= 11 is 0. The van der Waals surface area contributed by atoms with E-state index in [-0.39, 0.29) is 23.4 Å². The Morgan fingerprint density at radius 1 is 1.41 bits per heavy atom. The van der Waals surface area contributed by atoms with Gasteiger partial charge in [-0.15, -0.1) is 0 Å². The Bertz CT molecular complexity index is 452. The first-order valence-corrected chi connectivity index (χ1v) is 4.48. The van der Waals surface area contributed by atoms with Crippen molar-refractivity contribution in [3.05, 3.63) is 34.2 Å². The van der Waals surface area contributed by atoms with Crippen molar-refractivity contribution in [3.63, 3.8) is 0 Å². The fourth-order valence-corrected chi connectivity index (χ4v) is 1.12. The number of alkyl halides is 3. The van der Waals surface area contributed by atoms with Crippen LogP contribution in [0.15, 0.2) is 23.4 Å². The standard InChI is InChI=1S/C10H7F3N2O2/c11-10(12,13)6-17-9-3-7(4-14)1-2-8(9)5-15-16/h1-3H,5-6H2. The summed E-state index contributed by atoms with van der Waals surface area (Å²) in [6.07, 6.45) is -4.48. The van der Waals surface area contributed by atoms with Crippen LogP contribution < -0.4 is 4.74 Å². The average Bonchev–Trinajstić information content (AvgIpc) is 2.27. The molecule has 17 heavy (non-hydrogen) atoms. The third-order valence-corrected chi connectivity index (χ3v) is 1.82. The third-order valence-electron chi connectivity index (χ3n) is 1.82. The molecule has 4 nitrogen and oxygen atoms in total. The van der Waals surface area contributed by atoms with Crippen LogP contribution in [0.3, 0.4) is 0 Å². The summed E-state index contributed by atoms with van der Waals surface area (Å²) in [5.41, 5.74) is 0.361. The molecule has 0 aromatic heterocycles. The van der Waals surface area contributed by atoms with Gasteiger partial charge in [0.2, 0.25) is 0 Å². The highest BCUT2D eigenvalue weighted by Gasteiger charge is 2.28. The minimum Gasteiger partial charge on any atom is -0.484 e. The van der Waals surface area contributed by atoms with E-state index in [1.807, 2.05) is 0 Å². The van der Waals surface area contributed by atoms with Crippen molar-refractivity contribution in [2.45, 2.75) is 12.7 Å². The van der Waals surface area contributed by atoms with Crippen molar-refractivity contribution in [1.29, 1.82) is 5.26 Å². The minimum absolute atomic E-state index is 0.150. The molecule has 0 radical (unpaired) electrons. The van der Waals surface area contributed by atoms with Crippen LogP contribution in [0.25, 0.3) is 0 Å². The maximum atomic E-state index is 12.0. The molecule has 0 saturated heterocycles. The van der Waals surface area contributed by atoms with Crippen molar-refractivity contribution in [2.24, 2.45) is 5.18 Å². The molecule has 0 bridgehead atoms. The molecule has 0 aliphatic carbocycles.